The highest BCUT2D eigenvalue weighted by atomic mass is 32.1. The van der Waals surface area contributed by atoms with Crippen molar-refractivity contribution in [2.24, 2.45) is 11.8 Å². The van der Waals surface area contributed by atoms with E-state index < -0.39 is 0 Å². The zero-order chi connectivity index (χ0) is 14.3. The van der Waals surface area contributed by atoms with Crippen LogP contribution in [0.25, 0.3) is 4.96 Å². The van der Waals surface area contributed by atoms with E-state index in [-0.39, 0.29) is 5.56 Å². The molecule has 5 heteroatoms. The van der Waals surface area contributed by atoms with Crippen molar-refractivity contribution in [2.75, 3.05) is 13.1 Å². The van der Waals surface area contributed by atoms with Crippen molar-refractivity contribution < 1.29 is 0 Å². The molecule has 0 N–H and O–H groups in total. The van der Waals surface area contributed by atoms with Crippen LogP contribution in [-0.2, 0) is 6.54 Å². The standard InChI is InChI=1S/C15H21N3OS/c1-10-4-11(2)7-17(6-10)8-13-5-14(19)18-12(3)9-20-15(18)16-13/h5,9-11H,4,6-8H2,1-3H3/t10-,11-/m0/s1. The summed E-state index contributed by atoms with van der Waals surface area (Å²) in [4.78, 5) is 20.0. The van der Waals surface area contributed by atoms with Crippen LogP contribution < -0.4 is 5.56 Å². The normalized spacial score (nSPS) is 24.4. The lowest BCUT2D eigenvalue weighted by atomic mass is 9.92. The summed E-state index contributed by atoms with van der Waals surface area (Å²) in [5, 5.41) is 1.98. The molecule has 20 heavy (non-hydrogen) atoms. The van der Waals surface area contributed by atoms with E-state index in [0.29, 0.717) is 0 Å². The number of likely N-dealkylation sites (tertiary alicyclic amines) is 1. The molecule has 3 heterocycles. The van der Waals surface area contributed by atoms with E-state index in [4.69, 9.17) is 0 Å². The third-order valence-corrected chi connectivity index (χ3v) is 4.90. The Morgan fingerprint density at radius 2 is 2.05 bits per heavy atom. The van der Waals surface area contributed by atoms with E-state index in [2.05, 4.69) is 23.7 Å². The van der Waals surface area contributed by atoms with Crippen molar-refractivity contribution >= 4 is 16.3 Å². The minimum absolute atomic E-state index is 0.0434. The Kier molecular flexibility index (Phi) is 3.65. The van der Waals surface area contributed by atoms with Gasteiger partial charge in [-0.3, -0.25) is 14.1 Å². The molecule has 2 aromatic rings. The quantitative estimate of drug-likeness (QED) is 0.853. The van der Waals surface area contributed by atoms with Gasteiger partial charge in [0.05, 0.1) is 5.69 Å². The highest BCUT2D eigenvalue weighted by Crippen LogP contribution is 2.22. The van der Waals surface area contributed by atoms with Gasteiger partial charge >= 0.3 is 0 Å². The average molecular weight is 291 g/mol. The summed E-state index contributed by atoms with van der Waals surface area (Å²) in [5.74, 6) is 1.46. The van der Waals surface area contributed by atoms with Gasteiger partial charge in [0.25, 0.3) is 5.56 Å². The molecule has 1 saturated heterocycles. The van der Waals surface area contributed by atoms with Crippen LogP contribution in [0.2, 0.25) is 0 Å². The summed E-state index contributed by atoms with van der Waals surface area (Å²) in [6.45, 7) is 9.55. The van der Waals surface area contributed by atoms with Crippen LogP contribution in [0.3, 0.4) is 0 Å². The maximum Gasteiger partial charge on any atom is 0.259 e. The fourth-order valence-electron chi connectivity index (χ4n) is 3.33. The van der Waals surface area contributed by atoms with Gasteiger partial charge in [0, 0.05) is 36.8 Å². The van der Waals surface area contributed by atoms with Crippen molar-refractivity contribution in [2.45, 2.75) is 33.7 Å². The molecule has 1 aliphatic rings. The van der Waals surface area contributed by atoms with Crippen LogP contribution in [-0.4, -0.2) is 27.4 Å². The van der Waals surface area contributed by atoms with Crippen LogP contribution in [0, 0.1) is 18.8 Å². The molecule has 0 bridgehead atoms. The summed E-state index contributed by atoms with van der Waals surface area (Å²) in [6.07, 6.45) is 1.30. The second kappa shape index (κ2) is 5.30. The number of thiazole rings is 1. The molecule has 0 amide bonds. The highest BCUT2D eigenvalue weighted by molar-refractivity contribution is 7.15. The Labute approximate surface area is 123 Å². The molecule has 0 aliphatic carbocycles. The number of hydrogen-bond donors (Lipinski definition) is 0. The van der Waals surface area contributed by atoms with Crippen molar-refractivity contribution in [3.05, 3.63) is 33.2 Å². The van der Waals surface area contributed by atoms with Crippen molar-refractivity contribution in [1.82, 2.24) is 14.3 Å². The lowest BCUT2D eigenvalue weighted by Crippen LogP contribution is -2.38. The smallest absolute Gasteiger partial charge is 0.259 e. The minimum atomic E-state index is 0.0434. The second-order valence-electron chi connectivity index (χ2n) is 6.22. The van der Waals surface area contributed by atoms with Crippen LogP contribution in [0.1, 0.15) is 31.7 Å². The average Bonchev–Trinajstić information content (AvgIpc) is 2.69. The largest absolute Gasteiger partial charge is 0.297 e. The first-order chi connectivity index (χ1) is 9.52. The van der Waals surface area contributed by atoms with E-state index in [1.165, 1.54) is 17.8 Å². The van der Waals surface area contributed by atoms with E-state index in [9.17, 15) is 4.79 Å². The van der Waals surface area contributed by atoms with Crippen LogP contribution in [0.5, 0.6) is 0 Å². The molecule has 108 valence electrons. The van der Waals surface area contributed by atoms with Gasteiger partial charge in [-0.15, -0.1) is 11.3 Å². The summed E-state index contributed by atoms with van der Waals surface area (Å²) >= 11 is 1.54. The topological polar surface area (TPSA) is 37.6 Å². The Bertz CT molecular complexity index is 665. The maximum absolute atomic E-state index is 12.2. The van der Waals surface area contributed by atoms with Gasteiger partial charge in [-0.05, 0) is 25.2 Å². The number of rotatable bonds is 2. The Balaban J connectivity index is 1.86. The van der Waals surface area contributed by atoms with E-state index in [1.807, 2.05) is 12.3 Å². The third-order valence-electron chi connectivity index (χ3n) is 3.96. The Morgan fingerprint density at radius 3 is 2.75 bits per heavy atom. The molecule has 0 unspecified atom stereocenters. The predicted molar refractivity (Wildman–Crippen MR) is 82.3 cm³/mol. The van der Waals surface area contributed by atoms with Crippen molar-refractivity contribution in [3.63, 3.8) is 0 Å². The molecule has 0 aromatic carbocycles. The summed E-state index contributed by atoms with van der Waals surface area (Å²) in [6, 6.07) is 1.69. The van der Waals surface area contributed by atoms with Crippen molar-refractivity contribution in [3.8, 4) is 0 Å². The molecule has 0 saturated carbocycles. The number of fused-ring (bicyclic) bond motifs is 1. The minimum Gasteiger partial charge on any atom is -0.297 e. The Morgan fingerprint density at radius 1 is 1.35 bits per heavy atom. The van der Waals surface area contributed by atoms with E-state index >= 15 is 0 Å². The summed E-state index contributed by atoms with van der Waals surface area (Å²) < 4.78 is 1.69. The number of aromatic nitrogens is 2. The maximum atomic E-state index is 12.2. The molecule has 1 fully saturated rings. The lowest BCUT2D eigenvalue weighted by molar-refractivity contribution is 0.133. The van der Waals surface area contributed by atoms with Gasteiger partial charge in [0.2, 0.25) is 0 Å². The molecule has 3 rings (SSSR count). The van der Waals surface area contributed by atoms with Gasteiger partial charge in [-0.25, -0.2) is 4.98 Å². The zero-order valence-electron chi connectivity index (χ0n) is 12.3. The first kappa shape index (κ1) is 13.8. The predicted octanol–water partition coefficient (Wildman–Crippen LogP) is 2.54. The lowest BCUT2D eigenvalue weighted by Gasteiger charge is -2.34. The van der Waals surface area contributed by atoms with Gasteiger partial charge in [-0.2, -0.15) is 0 Å². The number of piperidine rings is 1. The summed E-state index contributed by atoms with van der Waals surface area (Å²) in [7, 11) is 0. The van der Waals surface area contributed by atoms with Gasteiger partial charge in [0.1, 0.15) is 0 Å². The number of nitrogens with zero attached hydrogens (tertiary/aromatic N) is 3. The van der Waals surface area contributed by atoms with Crippen LogP contribution in [0.4, 0.5) is 0 Å². The molecule has 0 radical (unpaired) electrons. The molecular weight excluding hydrogens is 270 g/mol. The first-order valence-electron chi connectivity index (χ1n) is 7.22. The fourth-order valence-corrected chi connectivity index (χ4v) is 4.22. The monoisotopic (exact) mass is 291 g/mol. The first-order valence-corrected chi connectivity index (χ1v) is 8.10. The summed E-state index contributed by atoms with van der Waals surface area (Å²) in [5.41, 5.74) is 1.91. The second-order valence-corrected chi connectivity index (χ2v) is 7.06. The molecule has 1 aliphatic heterocycles. The Hall–Kier alpha value is -1.20. The van der Waals surface area contributed by atoms with Gasteiger partial charge in [0.15, 0.2) is 4.96 Å². The SMILES string of the molecule is Cc1csc2nc(CN3C[C@@H](C)C[C@H](C)C3)cc(=O)n12. The van der Waals surface area contributed by atoms with Gasteiger partial charge < -0.3 is 0 Å². The molecule has 4 nitrogen and oxygen atoms in total. The third kappa shape index (κ3) is 2.65. The zero-order valence-corrected chi connectivity index (χ0v) is 13.1. The molecule has 0 spiro atoms. The molecule has 2 atom stereocenters. The highest BCUT2D eigenvalue weighted by Gasteiger charge is 2.22. The van der Waals surface area contributed by atoms with Crippen molar-refractivity contribution in [1.29, 1.82) is 0 Å². The van der Waals surface area contributed by atoms with E-state index in [0.717, 1.165) is 47.8 Å². The van der Waals surface area contributed by atoms with Crippen LogP contribution >= 0.6 is 11.3 Å². The van der Waals surface area contributed by atoms with Crippen LogP contribution in [0.15, 0.2) is 16.2 Å². The fraction of sp³-hybridized carbons (Fsp3) is 0.600. The number of aryl methyl sites for hydroxylation is 1. The number of hydrogen-bond acceptors (Lipinski definition) is 4. The molecular formula is C15H21N3OS. The van der Waals surface area contributed by atoms with Gasteiger partial charge in [-0.1, -0.05) is 13.8 Å². The molecule has 2 aromatic heterocycles. The van der Waals surface area contributed by atoms with E-state index in [1.54, 1.807) is 10.5 Å².